The van der Waals surface area contributed by atoms with Gasteiger partial charge in [-0.25, -0.2) is 9.97 Å². The highest BCUT2D eigenvalue weighted by molar-refractivity contribution is 6.30. The predicted molar refractivity (Wildman–Crippen MR) is 96.0 cm³/mol. The Morgan fingerprint density at radius 1 is 1.12 bits per heavy atom. The molecule has 0 spiro atoms. The molecule has 24 heavy (non-hydrogen) atoms. The van der Waals surface area contributed by atoms with Gasteiger partial charge in [0.05, 0.1) is 0 Å². The molecule has 2 heterocycles. The van der Waals surface area contributed by atoms with Crippen LogP contribution in [0.1, 0.15) is 41.1 Å². The summed E-state index contributed by atoms with van der Waals surface area (Å²) in [4.78, 5) is 23.3. The van der Waals surface area contributed by atoms with E-state index in [-0.39, 0.29) is 5.91 Å². The molecule has 1 aliphatic rings. The second-order valence-corrected chi connectivity index (χ2v) is 6.56. The summed E-state index contributed by atoms with van der Waals surface area (Å²) in [6.45, 7) is 5.39. The minimum Gasteiger partial charge on any atom is -0.340 e. The highest BCUT2D eigenvalue weighted by atomic mass is 35.5. The number of hydrogen-bond donors (Lipinski definition) is 1. The zero-order chi connectivity index (χ0) is 17.1. The maximum atomic E-state index is 12.7. The molecule has 0 saturated carbocycles. The molecule has 0 atom stereocenters. The molecule has 1 fully saturated rings. The van der Waals surface area contributed by atoms with Crippen molar-refractivity contribution in [2.45, 2.75) is 33.1 Å². The number of carbonyl (C=O) groups is 1. The Bertz CT molecular complexity index is 757. The first kappa shape index (κ1) is 16.7. The van der Waals surface area contributed by atoms with E-state index in [4.69, 9.17) is 11.6 Å². The number of benzene rings is 1. The SMILES string of the molecule is Cc1nc(Nc2cc(Cl)ccc2C)cc(C(=O)N2CCCCC2)n1. The van der Waals surface area contributed by atoms with Crippen molar-refractivity contribution >= 4 is 29.0 Å². The molecule has 5 nitrogen and oxygen atoms in total. The number of likely N-dealkylation sites (tertiary alicyclic amines) is 1. The van der Waals surface area contributed by atoms with Crippen LogP contribution in [0.3, 0.4) is 0 Å². The molecule has 126 valence electrons. The number of nitrogens with one attached hydrogen (secondary N) is 1. The van der Waals surface area contributed by atoms with Crippen molar-refractivity contribution in [2.75, 3.05) is 18.4 Å². The summed E-state index contributed by atoms with van der Waals surface area (Å²) in [6, 6.07) is 7.35. The molecule has 0 bridgehead atoms. The Morgan fingerprint density at radius 3 is 2.62 bits per heavy atom. The summed E-state index contributed by atoms with van der Waals surface area (Å²) in [7, 11) is 0. The van der Waals surface area contributed by atoms with Gasteiger partial charge in [-0.3, -0.25) is 4.79 Å². The van der Waals surface area contributed by atoms with Crippen molar-refractivity contribution in [2.24, 2.45) is 0 Å². The van der Waals surface area contributed by atoms with Gasteiger partial charge in [0, 0.05) is 29.9 Å². The van der Waals surface area contributed by atoms with Gasteiger partial charge in [-0.15, -0.1) is 0 Å². The predicted octanol–water partition coefficient (Wildman–Crippen LogP) is 4.12. The number of nitrogens with zero attached hydrogens (tertiary/aromatic N) is 3. The molecule has 1 aliphatic heterocycles. The first-order valence-electron chi connectivity index (χ1n) is 8.21. The van der Waals surface area contributed by atoms with Crippen molar-refractivity contribution in [1.82, 2.24) is 14.9 Å². The Hall–Kier alpha value is -2.14. The molecule has 1 saturated heterocycles. The smallest absolute Gasteiger partial charge is 0.272 e. The average Bonchev–Trinajstić information content (AvgIpc) is 2.58. The number of aryl methyl sites for hydroxylation is 2. The summed E-state index contributed by atoms with van der Waals surface area (Å²) in [6.07, 6.45) is 3.30. The second-order valence-electron chi connectivity index (χ2n) is 6.12. The number of piperidine rings is 1. The zero-order valence-corrected chi connectivity index (χ0v) is 14.7. The fourth-order valence-corrected chi connectivity index (χ4v) is 3.04. The molecule has 1 N–H and O–H groups in total. The number of amides is 1. The Labute approximate surface area is 147 Å². The van der Waals surface area contributed by atoms with Gasteiger partial charge in [0.15, 0.2) is 0 Å². The van der Waals surface area contributed by atoms with Gasteiger partial charge in [-0.1, -0.05) is 17.7 Å². The van der Waals surface area contributed by atoms with E-state index in [2.05, 4.69) is 15.3 Å². The highest BCUT2D eigenvalue weighted by Gasteiger charge is 2.20. The Morgan fingerprint density at radius 2 is 1.88 bits per heavy atom. The number of anilines is 2. The third-order valence-corrected chi connectivity index (χ3v) is 4.40. The molecular weight excluding hydrogens is 324 g/mol. The van der Waals surface area contributed by atoms with Crippen LogP contribution in [0.15, 0.2) is 24.3 Å². The van der Waals surface area contributed by atoms with E-state index >= 15 is 0 Å². The zero-order valence-electron chi connectivity index (χ0n) is 14.0. The van der Waals surface area contributed by atoms with Gasteiger partial charge in [0.2, 0.25) is 0 Å². The Balaban J connectivity index is 1.85. The van der Waals surface area contributed by atoms with E-state index in [0.29, 0.717) is 22.4 Å². The minimum atomic E-state index is -0.0222. The monoisotopic (exact) mass is 344 g/mol. The topological polar surface area (TPSA) is 58.1 Å². The van der Waals surface area contributed by atoms with E-state index in [1.807, 2.05) is 30.0 Å². The number of halogens is 1. The van der Waals surface area contributed by atoms with Crippen molar-refractivity contribution < 1.29 is 4.79 Å². The summed E-state index contributed by atoms with van der Waals surface area (Å²) in [5, 5.41) is 3.90. The largest absolute Gasteiger partial charge is 0.340 e. The van der Waals surface area contributed by atoms with Gasteiger partial charge < -0.3 is 10.2 Å². The lowest BCUT2D eigenvalue weighted by Crippen LogP contribution is -2.36. The van der Waals surface area contributed by atoms with Crippen LogP contribution in [0, 0.1) is 13.8 Å². The third kappa shape index (κ3) is 3.85. The van der Waals surface area contributed by atoms with Crippen LogP contribution in [0.4, 0.5) is 11.5 Å². The maximum Gasteiger partial charge on any atom is 0.272 e. The van der Waals surface area contributed by atoms with Crippen molar-refractivity contribution in [3.05, 3.63) is 46.4 Å². The standard InChI is InChI=1S/C18H21ClN4O/c1-12-6-7-14(19)10-15(12)22-17-11-16(20-13(2)21-17)18(24)23-8-4-3-5-9-23/h6-7,10-11H,3-5,8-9H2,1-2H3,(H,20,21,22). The number of aromatic nitrogens is 2. The second kappa shape index (κ2) is 7.18. The summed E-state index contributed by atoms with van der Waals surface area (Å²) in [5.41, 5.74) is 2.36. The number of rotatable bonds is 3. The van der Waals surface area contributed by atoms with Crippen LogP contribution in [0.5, 0.6) is 0 Å². The lowest BCUT2D eigenvalue weighted by atomic mass is 10.1. The fraction of sp³-hybridized carbons (Fsp3) is 0.389. The summed E-state index contributed by atoms with van der Waals surface area (Å²) < 4.78 is 0. The van der Waals surface area contributed by atoms with Gasteiger partial charge in [0.1, 0.15) is 17.3 Å². The van der Waals surface area contributed by atoms with Crippen molar-refractivity contribution in [3.63, 3.8) is 0 Å². The molecule has 0 unspecified atom stereocenters. The van der Waals surface area contributed by atoms with Crippen LogP contribution in [0.2, 0.25) is 5.02 Å². The first-order valence-corrected chi connectivity index (χ1v) is 8.59. The molecule has 2 aromatic rings. The fourth-order valence-electron chi connectivity index (χ4n) is 2.87. The molecule has 3 rings (SSSR count). The molecule has 1 aromatic heterocycles. The van der Waals surface area contributed by atoms with E-state index in [1.165, 1.54) is 6.42 Å². The number of carbonyl (C=O) groups excluding carboxylic acids is 1. The number of hydrogen-bond acceptors (Lipinski definition) is 4. The van der Waals surface area contributed by atoms with Crippen LogP contribution >= 0.6 is 11.6 Å². The van der Waals surface area contributed by atoms with E-state index in [0.717, 1.165) is 37.2 Å². The van der Waals surface area contributed by atoms with Gasteiger partial charge in [-0.05, 0) is 50.8 Å². The first-order chi connectivity index (χ1) is 11.5. The summed E-state index contributed by atoms with van der Waals surface area (Å²) >= 11 is 6.06. The molecular formula is C18H21ClN4O. The summed E-state index contributed by atoms with van der Waals surface area (Å²) in [5.74, 6) is 1.15. The Kier molecular flexibility index (Phi) is 5.00. The molecule has 6 heteroatoms. The minimum absolute atomic E-state index is 0.0222. The van der Waals surface area contributed by atoms with Gasteiger partial charge in [-0.2, -0.15) is 0 Å². The van der Waals surface area contributed by atoms with Crippen LogP contribution < -0.4 is 5.32 Å². The van der Waals surface area contributed by atoms with Crippen molar-refractivity contribution in [3.8, 4) is 0 Å². The molecule has 0 radical (unpaired) electrons. The van der Waals surface area contributed by atoms with Crippen molar-refractivity contribution in [1.29, 1.82) is 0 Å². The van der Waals surface area contributed by atoms with E-state index < -0.39 is 0 Å². The van der Waals surface area contributed by atoms with Crippen LogP contribution in [0.25, 0.3) is 0 Å². The maximum absolute atomic E-state index is 12.7. The van der Waals surface area contributed by atoms with E-state index in [9.17, 15) is 4.79 Å². The van der Waals surface area contributed by atoms with E-state index in [1.54, 1.807) is 13.0 Å². The molecule has 0 aliphatic carbocycles. The lowest BCUT2D eigenvalue weighted by Gasteiger charge is -2.26. The molecule has 1 aromatic carbocycles. The normalized spacial score (nSPS) is 14.5. The van der Waals surface area contributed by atoms with Crippen LogP contribution in [-0.4, -0.2) is 33.9 Å². The average molecular weight is 345 g/mol. The van der Waals surface area contributed by atoms with Gasteiger partial charge in [0.25, 0.3) is 5.91 Å². The lowest BCUT2D eigenvalue weighted by molar-refractivity contribution is 0.0718. The third-order valence-electron chi connectivity index (χ3n) is 4.16. The highest BCUT2D eigenvalue weighted by Crippen LogP contribution is 2.24. The van der Waals surface area contributed by atoms with Gasteiger partial charge >= 0.3 is 0 Å². The van der Waals surface area contributed by atoms with Crippen LogP contribution in [-0.2, 0) is 0 Å². The molecule has 1 amide bonds. The quantitative estimate of drug-likeness (QED) is 0.910.